The zero-order valence-corrected chi connectivity index (χ0v) is 16.9. The largest absolute Gasteiger partial charge is 0.493 e. The van der Waals surface area contributed by atoms with Gasteiger partial charge in [0.1, 0.15) is 12.2 Å². The van der Waals surface area contributed by atoms with Gasteiger partial charge in [-0.3, -0.25) is 9.59 Å². The average Bonchev–Trinajstić information content (AvgIpc) is 2.74. The maximum absolute atomic E-state index is 13.1. The van der Waals surface area contributed by atoms with Crippen LogP contribution in [0.4, 0.5) is 0 Å². The minimum Gasteiger partial charge on any atom is -0.493 e. The molecule has 0 aliphatic carbocycles. The molecule has 1 aromatic carbocycles. The number of nitrogens with one attached hydrogen (secondary N) is 2. The van der Waals surface area contributed by atoms with Crippen LogP contribution in [0.2, 0.25) is 0 Å². The van der Waals surface area contributed by atoms with Gasteiger partial charge in [-0.1, -0.05) is 12.1 Å². The number of para-hydroxylation sites is 1. The first kappa shape index (κ1) is 19.5. The molecule has 154 valence electrons. The highest BCUT2D eigenvalue weighted by molar-refractivity contribution is 5.95. The monoisotopic (exact) mass is 397 g/mol. The van der Waals surface area contributed by atoms with Gasteiger partial charge in [0.25, 0.3) is 11.5 Å². The van der Waals surface area contributed by atoms with Crippen molar-refractivity contribution in [2.45, 2.75) is 38.3 Å². The number of fused-ring (bicyclic) bond motifs is 1. The lowest BCUT2D eigenvalue weighted by Gasteiger charge is -2.28. The average molecular weight is 397 g/mol. The molecule has 2 aliphatic rings. The lowest BCUT2D eigenvalue weighted by molar-refractivity contribution is 0.0911. The van der Waals surface area contributed by atoms with Crippen molar-refractivity contribution >= 4 is 5.91 Å². The van der Waals surface area contributed by atoms with Crippen LogP contribution in [0, 0.1) is 6.92 Å². The maximum atomic E-state index is 13.1. The van der Waals surface area contributed by atoms with E-state index in [-0.39, 0.29) is 29.1 Å². The molecule has 3 heterocycles. The number of hydrogen-bond acceptors (Lipinski definition) is 5. The summed E-state index contributed by atoms with van der Waals surface area (Å²) in [5.74, 6) is 1.08. The highest BCUT2D eigenvalue weighted by atomic mass is 16.5. The van der Waals surface area contributed by atoms with E-state index in [1.165, 1.54) is 0 Å². The Bertz CT molecular complexity index is 963. The van der Waals surface area contributed by atoms with Gasteiger partial charge in [0, 0.05) is 17.8 Å². The van der Waals surface area contributed by atoms with Gasteiger partial charge in [-0.05, 0) is 57.0 Å². The Morgan fingerprint density at radius 3 is 2.83 bits per heavy atom. The molecule has 0 bridgehead atoms. The van der Waals surface area contributed by atoms with Crippen LogP contribution in [0.1, 0.15) is 40.4 Å². The van der Waals surface area contributed by atoms with Crippen LogP contribution < -0.4 is 25.7 Å². The van der Waals surface area contributed by atoms with Gasteiger partial charge in [-0.25, -0.2) is 0 Å². The number of methoxy groups -OCH3 is 1. The van der Waals surface area contributed by atoms with Gasteiger partial charge in [0.05, 0.1) is 13.2 Å². The number of rotatable bonds is 4. The number of benzene rings is 1. The first-order valence-electron chi connectivity index (χ1n) is 10.1. The molecule has 2 aliphatic heterocycles. The van der Waals surface area contributed by atoms with E-state index in [0.717, 1.165) is 37.2 Å². The van der Waals surface area contributed by atoms with E-state index in [1.807, 2.05) is 30.5 Å². The molecule has 1 atom stereocenters. The Morgan fingerprint density at radius 2 is 2.07 bits per heavy atom. The standard InChI is InChI=1S/C22H27N3O4/c1-14-8-11-25(17-6-9-23-10-7-17)22(27)19(14)21(26)24-16-12-15-4-3-5-18(28-2)20(15)29-13-16/h3-5,8,11,16-17,23H,6-7,9-10,12-13H2,1-2H3,(H,24,26). The molecule has 7 nitrogen and oxygen atoms in total. The van der Waals surface area contributed by atoms with Crippen molar-refractivity contribution in [2.75, 3.05) is 26.8 Å². The Morgan fingerprint density at radius 1 is 1.28 bits per heavy atom. The van der Waals surface area contributed by atoms with Crippen LogP contribution >= 0.6 is 0 Å². The lowest BCUT2D eigenvalue weighted by Crippen LogP contribution is -2.45. The summed E-state index contributed by atoms with van der Waals surface area (Å²) >= 11 is 0. The van der Waals surface area contributed by atoms with Crippen molar-refractivity contribution in [2.24, 2.45) is 0 Å². The van der Waals surface area contributed by atoms with E-state index in [0.29, 0.717) is 24.3 Å². The van der Waals surface area contributed by atoms with Gasteiger partial charge in [0.15, 0.2) is 11.5 Å². The molecule has 1 unspecified atom stereocenters. The third kappa shape index (κ3) is 3.87. The van der Waals surface area contributed by atoms with Crippen molar-refractivity contribution in [3.8, 4) is 11.5 Å². The molecule has 0 saturated carbocycles. The van der Waals surface area contributed by atoms with Crippen LogP contribution in [-0.4, -0.2) is 43.3 Å². The van der Waals surface area contributed by atoms with Crippen molar-refractivity contribution in [3.63, 3.8) is 0 Å². The molecule has 29 heavy (non-hydrogen) atoms. The van der Waals surface area contributed by atoms with Gasteiger partial charge < -0.3 is 24.7 Å². The van der Waals surface area contributed by atoms with E-state index < -0.39 is 0 Å². The molecule has 1 saturated heterocycles. The zero-order chi connectivity index (χ0) is 20.4. The number of pyridine rings is 1. The number of carbonyl (C=O) groups is 1. The van der Waals surface area contributed by atoms with E-state index in [4.69, 9.17) is 9.47 Å². The van der Waals surface area contributed by atoms with Crippen molar-refractivity contribution in [1.29, 1.82) is 0 Å². The highest BCUT2D eigenvalue weighted by Crippen LogP contribution is 2.34. The summed E-state index contributed by atoms with van der Waals surface area (Å²) in [6, 6.07) is 7.52. The van der Waals surface area contributed by atoms with E-state index in [9.17, 15) is 9.59 Å². The van der Waals surface area contributed by atoms with Gasteiger partial charge in [-0.2, -0.15) is 0 Å². The van der Waals surface area contributed by atoms with Crippen LogP contribution in [-0.2, 0) is 6.42 Å². The predicted octanol–water partition coefficient (Wildman–Crippen LogP) is 1.82. The van der Waals surface area contributed by atoms with E-state index in [1.54, 1.807) is 18.6 Å². The summed E-state index contributed by atoms with van der Waals surface area (Å²) < 4.78 is 12.9. The summed E-state index contributed by atoms with van der Waals surface area (Å²) in [5, 5.41) is 6.30. The molecule has 1 fully saturated rings. The summed E-state index contributed by atoms with van der Waals surface area (Å²) in [5.41, 5.74) is 1.69. The summed E-state index contributed by atoms with van der Waals surface area (Å²) in [4.78, 5) is 26.1. The predicted molar refractivity (Wildman–Crippen MR) is 110 cm³/mol. The summed E-state index contributed by atoms with van der Waals surface area (Å²) in [7, 11) is 1.61. The molecule has 2 N–H and O–H groups in total. The molecule has 7 heteroatoms. The third-order valence-corrected chi connectivity index (χ3v) is 5.77. The topological polar surface area (TPSA) is 81.6 Å². The molecular formula is C22H27N3O4. The van der Waals surface area contributed by atoms with Crippen LogP contribution in [0.3, 0.4) is 0 Å². The Hall–Kier alpha value is -2.80. The number of aromatic nitrogens is 1. The Labute approximate surface area is 170 Å². The summed E-state index contributed by atoms with van der Waals surface area (Å²) in [6.45, 7) is 3.91. The van der Waals surface area contributed by atoms with Crippen LogP contribution in [0.25, 0.3) is 0 Å². The molecule has 1 aromatic heterocycles. The lowest BCUT2D eigenvalue weighted by atomic mass is 10.0. The third-order valence-electron chi connectivity index (χ3n) is 5.77. The second kappa shape index (κ2) is 8.29. The Balaban J connectivity index is 1.53. The van der Waals surface area contributed by atoms with E-state index in [2.05, 4.69) is 10.6 Å². The SMILES string of the molecule is COc1cccc2c1OCC(NC(=O)c1c(C)ccn(C3CCNCC3)c1=O)C2. The van der Waals surface area contributed by atoms with E-state index >= 15 is 0 Å². The molecular weight excluding hydrogens is 370 g/mol. The fourth-order valence-electron chi connectivity index (χ4n) is 4.19. The van der Waals surface area contributed by atoms with Gasteiger partial charge in [0.2, 0.25) is 0 Å². The summed E-state index contributed by atoms with van der Waals surface area (Å²) in [6.07, 6.45) is 4.22. The maximum Gasteiger partial charge on any atom is 0.263 e. The number of amides is 1. The number of aryl methyl sites for hydroxylation is 1. The highest BCUT2D eigenvalue weighted by Gasteiger charge is 2.27. The molecule has 0 spiro atoms. The molecule has 0 radical (unpaired) electrons. The van der Waals surface area contributed by atoms with Crippen molar-refractivity contribution in [3.05, 3.63) is 57.5 Å². The molecule has 1 amide bonds. The van der Waals surface area contributed by atoms with Crippen LogP contribution in [0.15, 0.2) is 35.3 Å². The minimum absolute atomic E-state index is 0.133. The number of piperidine rings is 1. The second-order valence-electron chi connectivity index (χ2n) is 7.70. The first-order valence-corrected chi connectivity index (χ1v) is 10.1. The number of carbonyl (C=O) groups excluding carboxylic acids is 1. The molecule has 2 aromatic rings. The second-order valence-corrected chi connectivity index (χ2v) is 7.70. The number of nitrogens with zero attached hydrogens (tertiary/aromatic N) is 1. The van der Waals surface area contributed by atoms with Crippen molar-refractivity contribution < 1.29 is 14.3 Å². The number of hydrogen-bond donors (Lipinski definition) is 2. The van der Waals surface area contributed by atoms with Gasteiger partial charge in [-0.15, -0.1) is 0 Å². The smallest absolute Gasteiger partial charge is 0.263 e. The normalized spacial score (nSPS) is 19.2. The zero-order valence-electron chi connectivity index (χ0n) is 16.9. The Kier molecular flexibility index (Phi) is 5.58. The first-order chi connectivity index (χ1) is 14.1. The fraction of sp³-hybridized carbons (Fsp3) is 0.455. The van der Waals surface area contributed by atoms with Crippen LogP contribution in [0.5, 0.6) is 11.5 Å². The number of ether oxygens (including phenoxy) is 2. The molecule has 4 rings (SSSR count). The van der Waals surface area contributed by atoms with Gasteiger partial charge >= 0.3 is 0 Å². The quantitative estimate of drug-likeness (QED) is 0.823. The minimum atomic E-state index is -0.337. The fourth-order valence-corrected chi connectivity index (χ4v) is 4.19. The van der Waals surface area contributed by atoms with Crippen molar-refractivity contribution in [1.82, 2.24) is 15.2 Å².